The van der Waals surface area contributed by atoms with Crippen LogP contribution in [0, 0.1) is 5.41 Å². The normalized spacial score (nSPS) is 14.3. The number of hydrogen-bond donors (Lipinski definition) is 4. The number of carbonyl (C=O) groups is 2. The minimum Gasteiger partial charge on any atom is -0.387 e. The van der Waals surface area contributed by atoms with Crippen LogP contribution in [0.4, 0.5) is 0 Å². The Morgan fingerprint density at radius 1 is 0.338 bits per heavy atom. The molecule has 12 aromatic rings. The SMILES string of the molecule is O=C(N[C@@H](c1cccc2ccccc12)C(O)(Cc1cccc2ccccc12)Cc1cccc2ccccc12)C1(C(=O)N[C@@H](c2cccc3ccccc23)C(O)(Cc2cccc3ccccc23)Cc2cccc3ccccc23)CCC1. The molecule has 1 aliphatic rings. The summed E-state index contributed by atoms with van der Waals surface area (Å²) in [5.41, 5.74) is 0.408. The maximum absolute atomic E-state index is 16.2. The summed E-state index contributed by atoms with van der Waals surface area (Å²) in [4.78, 5) is 32.4. The van der Waals surface area contributed by atoms with Crippen LogP contribution in [-0.2, 0) is 35.3 Å². The lowest BCUT2D eigenvalue weighted by atomic mass is 9.66. The molecule has 0 heterocycles. The van der Waals surface area contributed by atoms with Crippen molar-refractivity contribution in [1.82, 2.24) is 10.6 Å². The second kappa shape index (κ2) is 21.0. The first kappa shape index (κ1) is 50.6. The summed E-state index contributed by atoms with van der Waals surface area (Å²) in [6.07, 6.45) is 1.95. The third kappa shape index (κ3) is 9.34. The van der Waals surface area contributed by atoms with Gasteiger partial charge in [-0.3, -0.25) is 9.59 Å². The van der Waals surface area contributed by atoms with Crippen molar-refractivity contribution in [2.45, 2.75) is 68.2 Å². The zero-order valence-electron chi connectivity index (χ0n) is 44.6. The third-order valence-electron chi connectivity index (χ3n) is 17.5. The van der Waals surface area contributed by atoms with E-state index in [1.165, 1.54) is 0 Å². The van der Waals surface area contributed by atoms with E-state index in [4.69, 9.17) is 0 Å². The molecule has 0 aromatic heterocycles. The quantitative estimate of drug-likeness (QED) is 0.0725. The van der Waals surface area contributed by atoms with Crippen LogP contribution < -0.4 is 10.6 Å². The average molecular weight is 1040 g/mol. The summed E-state index contributed by atoms with van der Waals surface area (Å²) in [6.45, 7) is 0. The van der Waals surface area contributed by atoms with Gasteiger partial charge < -0.3 is 20.8 Å². The summed E-state index contributed by atoms with van der Waals surface area (Å²) in [6, 6.07) is 83.9. The van der Waals surface area contributed by atoms with Crippen LogP contribution in [0.15, 0.2) is 255 Å². The van der Waals surface area contributed by atoms with Crippen LogP contribution in [0.5, 0.6) is 0 Å². The highest BCUT2D eigenvalue weighted by molar-refractivity contribution is 6.07. The van der Waals surface area contributed by atoms with E-state index in [1.807, 2.05) is 133 Å². The van der Waals surface area contributed by atoms with Crippen LogP contribution in [-0.4, -0.2) is 33.2 Å². The van der Waals surface area contributed by atoms with Gasteiger partial charge in [0.1, 0.15) is 5.41 Å². The van der Waals surface area contributed by atoms with Crippen LogP contribution in [0.25, 0.3) is 64.6 Å². The first-order valence-corrected chi connectivity index (χ1v) is 28.1. The first-order valence-electron chi connectivity index (χ1n) is 28.1. The van der Waals surface area contributed by atoms with Gasteiger partial charge in [-0.2, -0.15) is 0 Å². The molecule has 2 atom stereocenters. The van der Waals surface area contributed by atoms with E-state index in [0.29, 0.717) is 6.42 Å². The number of rotatable bonds is 16. The summed E-state index contributed by atoms with van der Waals surface area (Å²) >= 11 is 0. The van der Waals surface area contributed by atoms with E-state index in [9.17, 15) is 10.2 Å². The topological polar surface area (TPSA) is 98.7 Å². The molecule has 0 bridgehead atoms. The molecule has 1 saturated carbocycles. The highest BCUT2D eigenvalue weighted by Crippen LogP contribution is 2.47. The summed E-state index contributed by atoms with van der Waals surface area (Å²) in [5, 5.41) is 47.5. The lowest BCUT2D eigenvalue weighted by Gasteiger charge is -2.45. The zero-order chi connectivity index (χ0) is 54.3. The van der Waals surface area contributed by atoms with E-state index in [2.05, 4.69) is 132 Å². The van der Waals surface area contributed by atoms with Gasteiger partial charge in [-0.15, -0.1) is 0 Å². The second-order valence-corrected chi connectivity index (χ2v) is 22.4. The predicted molar refractivity (Wildman–Crippen MR) is 326 cm³/mol. The Bertz CT molecular complexity index is 3850. The van der Waals surface area contributed by atoms with Crippen molar-refractivity contribution >= 4 is 76.4 Å². The van der Waals surface area contributed by atoms with Crippen molar-refractivity contribution in [3.05, 3.63) is 288 Å². The lowest BCUT2D eigenvalue weighted by Crippen LogP contribution is -2.61. The number of aliphatic hydroxyl groups is 2. The molecule has 0 radical (unpaired) electrons. The molecule has 80 heavy (non-hydrogen) atoms. The van der Waals surface area contributed by atoms with Gasteiger partial charge in [0.05, 0.1) is 23.3 Å². The molecule has 12 aromatic carbocycles. The van der Waals surface area contributed by atoms with Crippen molar-refractivity contribution in [2.75, 3.05) is 0 Å². The summed E-state index contributed by atoms with van der Waals surface area (Å²) in [7, 11) is 0. The molecular weight excluding hydrogens is 981 g/mol. The molecule has 0 unspecified atom stereocenters. The molecular formula is C74H62N2O4. The van der Waals surface area contributed by atoms with Gasteiger partial charge in [0.25, 0.3) is 0 Å². The summed E-state index contributed by atoms with van der Waals surface area (Å²) < 4.78 is 0. The molecule has 0 aliphatic heterocycles. The van der Waals surface area contributed by atoms with E-state index in [-0.39, 0.29) is 38.5 Å². The molecule has 0 spiro atoms. The number of benzene rings is 12. The van der Waals surface area contributed by atoms with Gasteiger partial charge in [-0.1, -0.05) is 261 Å². The predicted octanol–water partition coefficient (Wildman–Crippen LogP) is 15.2. The van der Waals surface area contributed by atoms with Gasteiger partial charge in [0.2, 0.25) is 11.8 Å². The van der Waals surface area contributed by atoms with Crippen LogP contribution in [0.1, 0.15) is 64.7 Å². The number of carbonyl (C=O) groups excluding carboxylic acids is 2. The fourth-order valence-electron chi connectivity index (χ4n) is 13.3. The summed E-state index contributed by atoms with van der Waals surface area (Å²) in [5.74, 6) is -0.923. The molecule has 6 heteroatoms. The monoisotopic (exact) mass is 1040 g/mol. The van der Waals surface area contributed by atoms with Crippen molar-refractivity contribution in [2.24, 2.45) is 5.41 Å². The number of hydrogen-bond acceptors (Lipinski definition) is 4. The fraction of sp³-hybridized carbons (Fsp3) is 0.162. The molecule has 1 fully saturated rings. The van der Waals surface area contributed by atoms with Crippen molar-refractivity contribution in [3.8, 4) is 0 Å². The second-order valence-electron chi connectivity index (χ2n) is 22.4. The van der Waals surface area contributed by atoms with Gasteiger partial charge in [-0.25, -0.2) is 0 Å². The van der Waals surface area contributed by atoms with Gasteiger partial charge >= 0.3 is 0 Å². The third-order valence-corrected chi connectivity index (χ3v) is 17.5. The van der Waals surface area contributed by atoms with Crippen molar-refractivity contribution in [3.63, 3.8) is 0 Å². The first-order chi connectivity index (χ1) is 39.2. The number of fused-ring (bicyclic) bond motifs is 6. The van der Waals surface area contributed by atoms with E-state index in [1.54, 1.807) is 0 Å². The fourth-order valence-corrected chi connectivity index (χ4v) is 13.3. The molecule has 13 rings (SSSR count). The van der Waals surface area contributed by atoms with Gasteiger partial charge in [-0.05, 0) is 111 Å². The molecule has 4 N–H and O–H groups in total. The van der Waals surface area contributed by atoms with Crippen LogP contribution in [0.3, 0.4) is 0 Å². The van der Waals surface area contributed by atoms with Crippen LogP contribution >= 0.6 is 0 Å². The highest BCUT2D eigenvalue weighted by Gasteiger charge is 2.55. The minimum atomic E-state index is -1.65. The van der Waals surface area contributed by atoms with E-state index >= 15 is 9.59 Å². The minimum absolute atomic E-state index is 0.184. The molecule has 6 nitrogen and oxygen atoms in total. The number of nitrogens with one attached hydrogen (secondary N) is 2. The number of amides is 2. The largest absolute Gasteiger partial charge is 0.387 e. The maximum atomic E-state index is 16.2. The van der Waals surface area contributed by atoms with E-state index < -0.39 is 40.5 Å². The smallest absolute Gasteiger partial charge is 0.236 e. The lowest BCUT2D eigenvalue weighted by molar-refractivity contribution is -0.153. The molecule has 0 saturated heterocycles. The molecule has 2 amide bonds. The molecule has 1 aliphatic carbocycles. The Hall–Kier alpha value is -8.94. The Morgan fingerprint density at radius 3 is 0.850 bits per heavy atom. The van der Waals surface area contributed by atoms with E-state index in [0.717, 1.165) is 98.0 Å². The average Bonchev–Trinajstić information content (AvgIpc) is 3.62. The van der Waals surface area contributed by atoms with Crippen molar-refractivity contribution < 1.29 is 19.8 Å². The Kier molecular flexibility index (Phi) is 13.3. The van der Waals surface area contributed by atoms with Gasteiger partial charge in [0, 0.05) is 25.7 Å². The van der Waals surface area contributed by atoms with Crippen LogP contribution in [0.2, 0.25) is 0 Å². The van der Waals surface area contributed by atoms with Crippen molar-refractivity contribution in [1.29, 1.82) is 0 Å². The Balaban J connectivity index is 0.955. The Morgan fingerprint density at radius 2 is 0.575 bits per heavy atom. The maximum Gasteiger partial charge on any atom is 0.236 e. The van der Waals surface area contributed by atoms with Gasteiger partial charge in [0.15, 0.2) is 0 Å². The standard InChI is InChI=1S/C74H62N2O4/c77-70(75-68(66-42-17-30-54-24-5-11-40-64(54)66)73(79,46-56-32-13-26-50-20-1-7-36-60(50)56)47-57-33-14-27-51-21-2-8-37-61(51)57)72(44-19-45-72)71(78)76-69(67-43-18-31-55-25-6-12-41-65(55)67)74(80,48-58-34-15-28-52-22-3-9-38-62(52)58)49-59-35-16-29-53-23-4-10-39-63(53)59/h1-18,20-43,68-69,79-80H,19,44-49H2,(H,75,77)(H,76,78)/t68-,69-/m0/s1. The highest BCUT2D eigenvalue weighted by atomic mass is 16.3. The Labute approximate surface area is 466 Å². The molecule has 392 valence electrons. The zero-order valence-corrected chi connectivity index (χ0v) is 44.6.